The van der Waals surface area contributed by atoms with Gasteiger partial charge in [-0.05, 0) is 25.7 Å². The van der Waals surface area contributed by atoms with Gasteiger partial charge in [0.15, 0.2) is 10.8 Å². The van der Waals surface area contributed by atoms with Crippen LogP contribution in [0.1, 0.15) is 29.8 Å². The topological polar surface area (TPSA) is 137 Å². The second kappa shape index (κ2) is 11.6. The van der Waals surface area contributed by atoms with Crippen LogP contribution in [0.5, 0.6) is 0 Å². The van der Waals surface area contributed by atoms with E-state index in [1.807, 2.05) is 13.8 Å². The molecule has 1 amide bonds. The van der Waals surface area contributed by atoms with Gasteiger partial charge in [0, 0.05) is 36.9 Å². The lowest BCUT2D eigenvalue weighted by atomic mass is 10.1. The zero-order valence-electron chi connectivity index (χ0n) is 18.8. The van der Waals surface area contributed by atoms with Crippen LogP contribution in [0.3, 0.4) is 0 Å². The molecule has 2 aromatic heterocycles. The molecule has 2 heterocycles. The first-order valence-corrected chi connectivity index (χ1v) is 11.6. The van der Waals surface area contributed by atoms with Gasteiger partial charge in [-0.15, -0.1) is 0 Å². The van der Waals surface area contributed by atoms with E-state index in [0.717, 1.165) is 11.1 Å². The molecule has 0 aliphatic carbocycles. The van der Waals surface area contributed by atoms with Crippen LogP contribution in [0, 0.1) is 17.0 Å². The van der Waals surface area contributed by atoms with E-state index in [1.54, 1.807) is 29.9 Å². The lowest BCUT2D eigenvalue weighted by Gasteiger charge is -2.10. The fraction of sp³-hybridized carbons (Fsp3) is 0.429. The summed E-state index contributed by atoms with van der Waals surface area (Å²) in [6, 6.07) is 4.43. The minimum atomic E-state index is -0.492. The number of thioether (sulfide) groups is 1. The first kappa shape index (κ1) is 24.4. The maximum absolute atomic E-state index is 12.5. The van der Waals surface area contributed by atoms with Gasteiger partial charge in [-0.1, -0.05) is 24.8 Å². The molecule has 12 heteroatoms. The number of anilines is 1. The third-order valence-corrected chi connectivity index (χ3v) is 5.50. The fourth-order valence-electron chi connectivity index (χ4n) is 3.14. The van der Waals surface area contributed by atoms with Gasteiger partial charge in [-0.25, -0.2) is 14.6 Å². The van der Waals surface area contributed by atoms with Crippen LogP contribution in [0.15, 0.2) is 29.6 Å². The molecule has 1 aromatic carbocycles. The van der Waals surface area contributed by atoms with Crippen molar-refractivity contribution in [2.75, 3.05) is 37.4 Å². The van der Waals surface area contributed by atoms with Crippen molar-refractivity contribution in [3.8, 4) is 0 Å². The van der Waals surface area contributed by atoms with Crippen molar-refractivity contribution in [1.82, 2.24) is 25.1 Å². The van der Waals surface area contributed by atoms with Crippen molar-refractivity contribution >= 4 is 40.2 Å². The maximum Gasteiger partial charge on any atom is 0.273 e. The van der Waals surface area contributed by atoms with Crippen molar-refractivity contribution < 1.29 is 14.5 Å². The highest BCUT2D eigenvalue weighted by atomic mass is 32.2. The van der Waals surface area contributed by atoms with E-state index < -0.39 is 4.92 Å². The standard InChI is InChI=1S/C21H27N7O4S/c1-4-32-11-9-22-18-16-13-24-27(19(16)26-21(25-18)33-5-2)10-8-23-20(29)15-7-6-14(3)17(12-15)28(30)31/h6-7,12-13H,4-5,8-11H2,1-3H3,(H,23,29)(H,22,25,26). The van der Waals surface area contributed by atoms with Crippen LogP contribution in [-0.2, 0) is 11.3 Å². The number of nitrogens with one attached hydrogen (secondary N) is 2. The van der Waals surface area contributed by atoms with E-state index in [2.05, 4.69) is 25.7 Å². The van der Waals surface area contributed by atoms with Gasteiger partial charge in [0.1, 0.15) is 5.82 Å². The summed E-state index contributed by atoms with van der Waals surface area (Å²) < 4.78 is 7.09. The van der Waals surface area contributed by atoms with Crippen molar-refractivity contribution in [2.24, 2.45) is 0 Å². The zero-order valence-corrected chi connectivity index (χ0v) is 19.6. The van der Waals surface area contributed by atoms with Gasteiger partial charge >= 0.3 is 0 Å². The lowest BCUT2D eigenvalue weighted by molar-refractivity contribution is -0.385. The van der Waals surface area contributed by atoms with Gasteiger partial charge in [0.25, 0.3) is 11.6 Å². The predicted molar refractivity (Wildman–Crippen MR) is 127 cm³/mol. The van der Waals surface area contributed by atoms with Crippen LogP contribution in [-0.4, -0.2) is 62.6 Å². The van der Waals surface area contributed by atoms with E-state index in [0.29, 0.717) is 48.5 Å². The Labute approximate surface area is 195 Å². The minimum Gasteiger partial charge on any atom is -0.380 e. The molecule has 0 aliphatic heterocycles. The number of hydrogen-bond donors (Lipinski definition) is 2. The number of nitro benzene ring substituents is 1. The number of hydrogen-bond acceptors (Lipinski definition) is 9. The van der Waals surface area contributed by atoms with Crippen LogP contribution in [0.2, 0.25) is 0 Å². The molecule has 0 aliphatic rings. The Morgan fingerprint density at radius 2 is 2.09 bits per heavy atom. The molecular formula is C21H27N7O4S. The van der Waals surface area contributed by atoms with Crippen LogP contribution in [0.25, 0.3) is 11.0 Å². The highest BCUT2D eigenvalue weighted by Crippen LogP contribution is 2.24. The maximum atomic E-state index is 12.5. The highest BCUT2D eigenvalue weighted by Gasteiger charge is 2.16. The quantitative estimate of drug-likeness (QED) is 0.134. The number of amides is 1. The SMILES string of the molecule is CCOCCNc1nc(SCC)nc2c1cnn2CCNC(=O)c1ccc(C)c([N+](=O)[O-])c1. The Hall–Kier alpha value is -3.25. The Kier molecular flexibility index (Phi) is 8.55. The third kappa shape index (κ3) is 6.17. The molecule has 3 rings (SSSR count). The Morgan fingerprint density at radius 1 is 1.27 bits per heavy atom. The summed E-state index contributed by atoms with van der Waals surface area (Å²) >= 11 is 1.53. The molecule has 0 atom stereocenters. The summed E-state index contributed by atoms with van der Waals surface area (Å²) in [5.41, 5.74) is 1.33. The molecule has 0 saturated heterocycles. The molecule has 33 heavy (non-hydrogen) atoms. The summed E-state index contributed by atoms with van der Waals surface area (Å²) in [6.07, 6.45) is 1.70. The summed E-state index contributed by atoms with van der Waals surface area (Å²) in [6.45, 7) is 8.10. The normalized spacial score (nSPS) is 11.0. The molecule has 0 spiro atoms. The largest absolute Gasteiger partial charge is 0.380 e. The Bertz CT molecular complexity index is 1140. The lowest BCUT2D eigenvalue weighted by Crippen LogP contribution is -2.27. The van der Waals surface area contributed by atoms with Gasteiger partial charge < -0.3 is 15.4 Å². The number of rotatable bonds is 12. The number of carbonyl (C=O) groups excluding carboxylic acids is 1. The van der Waals surface area contributed by atoms with E-state index in [1.165, 1.54) is 17.8 Å². The Morgan fingerprint density at radius 3 is 2.82 bits per heavy atom. The number of nitro groups is 1. The molecule has 176 valence electrons. The number of aromatic nitrogens is 4. The summed E-state index contributed by atoms with van der Waals surface area (Å²) in [5, 5.41) is 23.0. The number of aryl methyl sites for hydroxylation is 1. The smallest absolute Gasteiger partial charge is 0.273 e. The summed E-state index contributed by atoms with van der Waals surface area (Å²) in [7, 11) is 0. The van der Waals surface area contributed by atoms with Crippen LogP contribution < -0.4 is 10.6 Å². The zero-order chi connectivity index (χ0) is 23.8. The van der Waals surface area contributed by atoms with Crippen molar-refractivity contribution in [3.63, 3.8) is 0 Å². The van der Waals surface area contributed by atoms with Crippen LogP contribution >= 0.6 is 11.8 Å². The average molecular weight is 474 g/mol. The van der Waals surface area contributed by atoms with Crippen molar-refractivity contribution in [2.45, 2.75) is 32.5 Å². The molecule has 0 radical (unpaired) electrons. The second-order valence-electron chi connectivity index (χ2n) is 7.03. The van der Waals surface area contributed by atoms with Crippen molar-refractivity contribution in [3.05, 3.63) is 45.6 Å². The van der Waals surface area contributed by atoms with Gasteiger partial charge in [-0.3, -0.25) is 14.9 Å². The molecule has 11 nitrogen and oxygen atoms in total. The molecule has 0 unspecified atom stereocenters. The predicted octanol–water partition coefficient (Wildman–Crippen LogP) is 3.03. The number of fused-ring (bicyclic) bond motifs is 1. The van der Waals surface area contributed by atoms with E-state index in [9.17, 15) is 14.9 Å². The van der Waals surface area contributed by atoms with E-state index in [-0.39, 0.29) is 23.7 Å². The van der Waals surface area contributed by atoms with Crippen LogP contribution in [0.4, 0.5) is 11.5 Å². The fourth-order valence-corrected chi connectivity index (χ4v) is 3.70. The summed E-state index contributed by atoms with van der Waals surface area (Å²) in [5.74, 6) is 1.14. The first-order valence-electron chi connectivity index (χ1n) is 10.7. The molecule has 3 aromatic rings. The highest BCUT2D eigenvalue weighted by molar-refractivity contribution is 7.99. The molecule has 0 bridgehead atoms. The van der Waals surface area contributed by atoms with E-state index >= 15 is 0 Å². The Balaban J connectivity index is 1.71. The van der Waals surface area contributed by atoms with Gasteiger partial charge in [-0.2, -0.15) is 5.10 Å². The molecule has 0 saturated carbocycles. The molecule has 2 N–H and O–H groups in total. The van der Waals surface area contributed by atoms with Gasteiger partial charge in [0.05, 0.1) is 29.7 Å². The number of carbonyl (C=O) groups is 1. The second-order valence-corrected chi connectivity index (χ2v) is 8.26. The number of benzene rings is 1. The monoisotopic (exact) mass is 473 g/mol. The van der Waals surface area contributed by atoms with E-state index in [4.69, 9.17) is 4.74 Å². The average Bonchev–Trinajstić information content (AvgIpc) is 3.20. The van der Waals surface area contributed by atoms with Crippen molar-refractivity contribution in [1.29, 1.82) is 0 Å². The number of ether oxygens (including phenoxy) is 1. The first-order chi connectivity index (χ1) is 15.9. The molecular weight excluding hydrogens is 446 g/mol. The third-order valence-electron chi connectivity index (χ3n) is 4.77. The molecule has 0 fully saturated rings. The van der Waals surface area contributed by atoms with Gasteiger partial charge in [0.2, 0.25) is 0 Å². The minimum absolute atomic E-state index is 0.0808. The summed E-state index contributed by atoms with van der Waals surface area (Å²) in [4.78, 5) is 32.3. The number of nitrogens with zero attached hydrogens (tertiary/aromatic N) is 5.